The molecule has 8 heteroatoms. The number of nitrogens with zero attached hydrogens (tertiary/aromatic N) is 3. The zero-order valence-corrected chi connectivity index (χ0v) is 11.0. The second-order valence-electron chi connectivity index (χ2n) is 4.72. The van der Waals surface area contributed by atoms with Crippen LogP contribution in [0, 0.1) is 5.82 Å². The lowest BCUT2D eigenvalue weighted by Gasteiger charge is -2.24. The van der Waals surface area contributed by atoms with Crippen molar-refractivity contribution in [3.63, 3.8) is 0 Å². The maximum absolute atomic E-state index is 14.3. The Labute approximate surface area is 118 Å². The molecule has 112 valence electrons. The van der Waals surface area contributed by atoms with Crippen molar-refractivity contribution in [3.8, 4) is 0 Å². The van der Waals surface area contributed by atoms with Gasteiger partial charge in [-0.15, -0.1) is 0 Å². The van der Waals surface area contributed by atoms with Crippen LogP contribution >= 0.6 is 0 Å². The summed E-state index contributed by atoms with van der Waals surface area (Å²) in [7, 11) is 0. The summed E-state index contributed by atoms with van der Waals surface area (Å²) in [5.74, 6) is -4.73. The maximum Gasteiger partial charge on any atom is 0.335 e. The highest BCUT2D eigenvalue weighted by Crippen LogP contribution is 2.34. The van der Waals surface area contributed by atoms with E-state index < -0.39 is 17.6 Å². The number of alkyl halides is 2. The lowest BCUT2D eigenvalue weighted by molar-refractivity contribution is 0.0304. The Morgan fingerprint density at radius 1 is 1.14 bits per heavy atom. The van der Waals surface area contributed by atoms with Crippen molar-refractivity contribution in [3.05, 3.63) is 41.5 Å². The number of rotatable bonds is 3. The number of halogens is 3. The Morgan fingerprint density at radius 3 is 2.48 bits per heavy atom. The maximum atomic E-state index is 14.3. The molecule has 0 spiro atoms. The topological polar surface area (TPSA) is 54.2 Å². The van der Waals surface area contributed by atoms with E-state index in [0.717, 1.165) is 37.4 Å². The van der Waals surface area contributed by atoms with Crippen molar-refractivity contribution in [1.82, 2.24) is 15.5 Å². The van der Waals surface area contributed by atoms with Crippen molar-refractivity contribution < 1.29 is 17.7 Å². The number of benzene rings is 1. The average molecular weight is 298 g/mol. The lowest BCUT2D eigenvalue weighted by Crippen LogP contribution is -2.43. The highest BCUT2D eigenvalue weighted by atomic mass is 19.3. The molecular weight excluding hydrogens is 285 g/mol. The Kier molecular flexibility index (Phi) is 3.54. The Balaban J connectivity index is 1.85. The van der Waals surface area contributed by atoms with Gasteiger partial charge in [0.25, 0.3) is 0 Å². The third kappa shape index (κ3) is 2.71. The van der Waals surface area contributed by atoms with E-state index >= 15 is 0 Å². The molecule has 0 unspecified atom stereocenters. The van der Waals surface area contributed by atoms with Gasteiger partial charge in [0.15, 0.2) is 0 Å². The van der Waals surface area contributed by atoms with Gasteiger partial charge in [-0.05, 0) is 24.3 Å². The molecule has 0 bridgehead atoms. The molecule has 1 aliphatic heterocycles. The molecule has 0 radical (unpaired) electrons. The molecular formula is C13H13F3N4O. The van der Waals surface area contributed by atoms with E-state index in [1.807, 2.05) is 0 Å². The molecule has 1 aromatic carbocycles. The van der Waals surface area contributed by atoms with Gasteiger partial charge in [-0.1, -0.05) is 5.16 Å². The molecule has 2 heterocycles. The molecule has 0 atom stereocenters. The van der Waals surface area contributed by atoms with E-state index in [0.29, 0.717) is 13.1 Å². The molecule has 1 aromatic heterocycles. The number of nitrogens with one attached hydrogen (secondary N) is 1. The molecule has 21 heavy (non-hydrogen) atoms. The molecule has 1 N–H and O–H groups in total. The molecule has 0 amide bonds. The monoisotopic (exact) mass is 298 g/mol. The molecule has 3 rings (SSSR count). The molecule has 0 aliphatic carbocycles. The summed E-state index contributed by atoms with van der Waals surface area (Å²) in [5, 5.41) is 6.51. The lowest BCUT2D eigenvalue weighted by atomic mass is 10.1. The third-order valence-corrected chi connectivity index (χ3v) is 3.29. The van der Waals surface area contributed by atoms with Crippen LogP contribution in [0.15, 0.2) is 28.8 Å². The fraction of sp³-hybridized carbons (Fsp3) is 0.385. The van der Waals surface area contributed by atoms with Gasteiger partial charge in [-0.25, -0.2) is 4.39 Å². The molecule has 1 aliphatic rings. The minimum Gasteiger partial charge on any atom is -0.322 e. The second kappa shape index (κ2) is 5.36. The Morgan fingerprint density at radius 2 is 1.81 bits per heavy atom. The number of aromatic nitrogens is 2. The van der Waals surface area contributed by atoms with E-state index in [-0.39, 0.29) is 11.6 Å². The minimum absolute atomic E-state index is 0.0771. The van der Waals surface area contributed by atoms with Gasteiger partial charge in [0.2, 0.25) is 5.82 Å². The van der Waals surface area contributed by atoms with Crippen molar-refractivity contribution in [2.45, 2.75) is 5.92 Å². The van der Waals surface area contributed by atoms with E-state index in [1.165, 1.54) is 0 Å². The Hall–Kier alpha value is -2.09. The highest BCUT2D eigenvalue weighted by Gasteiger charge is 2.40. The number of anilines is 1. The molecule has 1 fully saturated rings. The van der Waals surface area contributed by atoms with Crippen molar-refractivity contribution in [2.24, 2.45) is 0 Å². The fourth-order valence-electron chi connectivity index (χ4n) is 2.12. The van der Waals surface area contributed by atoms with Gasteiger partial charge >= 0.3 is 11.9 Å². The first-order chi connectivity index (χ1) is 10.1. The third-order valence-electron chi connectivity index (χ3n) is 3.29. The van der Waals surface area contributed by atoms with Gasteiger partial charge in [-0.2, -0.15) is 13.8 Å². The number of hydrogen-bond donors (Lipinski definition) is 1. The highest BCUT2D eigenvalue weighted by molar-refractivity contribution is 5.31. The van der Waals surface area contributed by atoms with Crippen LogP contribution in [0.1, 0.15) is 11.4 Å². The normalized spacial score (nSPS) is 16.2. The molecule has 1 saturated heterocycles. The van der Waals surface area contributed by atoms with Crippen LogP contribution < -0.4 is 10.2 Å². The minimum atomic E-state index is -3.43. The zero-order chi connectivity index (χ0) is 14.9. The molecule has 2 aromatic rings. The smallest absolute Gasteiger partial charge is 0.322 e. The van der Waals surface area contributed by atoms with E-state index in [1.54, 1.807) is 4.90 Å². The summed E-state index contributed by atoms with van der Waals surface area (Å²) in [6.45, 7) is 2.69. The van der Waals surface area contributed by atoms with Crippen LogP contribution in [0.2, 0.25) is 0 Å². The largest absolute Gasteiger partial charge is 0.335 e. The van der Waals surface area contributed by atoms with Crippen molar-refractivity contribution in [1.29, 1.82) is 0 Å². The van der Waals surface area contributed by atoms with Gasteiger partial charge in [0.1, 0.15) is 5.82 Å². The molecule has 0 saturated carbocycles. The number of hydrogen-bond acceptors (Lipinski definition) is 5. The predicted octanol–water partition coefficient (Wildman–Crippen LogP) is 1.76. The van der Waals surface area contributed by atoms with Crippen LogP contribution in [-0.4, -0.2) is 36.3 Å². The van der Waals surface area contributed by atoms with Gasteiger partial charge in [-0.3, -0.25) is 0 Å². The summed E-state index contributed by atoms with van der Waals surface area (Å²) in [6, 6.07) is 4.04. The SMILES string of the molecule is Fc1ccc(C(F)(F)c2noc(N3CCNCC3)n2)cc1. The first-order valence-corrected chi connectivity index (χ1v) is 6.51. The first kappa shape index (κ1) is 13.9. The summed E-state index contributed by atoms with van der Waals surface area (Å²) >= 11 is 0. The van der Waals surface area contributed by atoms with Crippen LogP contribution in [0.4, 0.5) is 19.2 Å². The van der Waals surface area contributed by atoms with E-state index in [2.05, 4.69) is 15.5 Å². The van der Waals surface area contributed by atoms with Gasteiger partial charge in [0, 0.05) is 31.7 Å². The summed E-state index contributed by atoms with van der Waals surface area (Å²) < 4.78 is 46.3. The average Bonchev–Trinajstić information content (AvgIpc) is 2.99. The van der Waals surface area contributed by atoms with Crippen molar-refractivity contribution >= 4 is 6.01 Å². The summed E-state index contributed by atoms with van der Waals surface area (Å²) in [6.07, 6.45) is 0. The zero-order valence-electron chi connectivity index (χ0n) is 11.0. The second-order valence-corrected chi connectivity index (χ2v) is 4.72. The van der Waals surface area contributed by atoms with Crippen molar-refractivity contribution in [2.75, 3.05) is 31.1 Å². The van der Waals surface area contributed by atoms with Gasteiger partial charge in [0.05, 0.1) is 0 Å². The first-order valence-electron chi connectivity index (χ1n) is 6.51. The van der Waals surface area contributed by atoms with Crippen LogP contribution in [0.3, 0.4) is 0 Å². The van der Waals surface area contributed by atoms with Crippen LogP contribution in [0.25, 0.3) is 0 Å². The summed E-state index contributed by atoms with van der Waals surface area (Å²) in [4.78, 5) is 5.52. The van der Waals surface area contributed by atoms with E-state index in [9.17, 15) is 13.2 Å². The van der Waals surface area contributed by atoms with Crippen LogP contribution in [0.5, 0.6) is 0 Å². The van der Waals surface area contributed by atoms with E-state index in [4.69, 9.17) is 4.52 Å². The molecule has 5 nitrogen and oxygen atoms in total. The van der Waals surface area contributed by atoms with Gasteiger partial charge < -0.3 is 14.7 Å². The summed E-state index contributed by atoms with van der Waals surface area (Å²) in [5.41, 5.74) is -0.378. The fourth-order valence-corrected chi connectivity index (χ4v) is 2.12. The quantitative estimate of drug-likeness (QED) is 0.936. The van der Waals surface area contributed by atoms with Crippen LogP contribution in [-0.2, 0) is 5.92 Å². The Bertz CT molecular complexity index is 608. The standard InChI is InChI=1S/C13H13F3N4O/c14-10-3-1-9(2-4-10)13(15,16)11-18-12(21-19-11)20-7-5-17-6-8-20/h1-4,17H,5-8H2. The predicted molar refractivity (Wildman–Crippen MR) is 68.8 cm³/mol. The number of piperazine rings is 1.